The Morgan fingerprint density at radius 2 is 1.48 bits per heavy atom. The number of carbonyl (C=O) groups is 2. The van der Waals surface area contributed by atoms with Gasteiger partial charge in [-0.05, 0) is 61.7 Å². The molecule has 0 unspecified atom stereocenters. The number of hydrogen-bond donors (Lipinski definition) is 1. The fourth-order valence-corrected chi connectivity index (χ4v) is 3.59. The average molecular weight is 384 g/mol. The molecule has 4 heteroatoms. The molecule has 146 valence electrons. The van der Waals surface area contributed by atoms with Crippen molar-refractivity contribution < 1.29 is 9.59 Å². The summed E-state index contributed by atoms with van der Waals surface area (Å²) < 4.78 is 0. The zero-order valence-corrected chi connectivity index (χ0v) is 16.7. The molecule has 3 aromatic carbocycles. The van der Waals surface area contributed by atoms with E-state index in [1.54, 1.807) is 0 Å². The first-order valence-electron chi connectivity index (χ1n) is 9.86. The van der Waals surface area contributed by atoms with E-state index in [0.29, 0.717) is 24.2 Å². The van der Waals surface area contributed by atoms with Crippen molar-refractivity contribution in [3.63, 3.8) is 0 Å². The quantitative estimate of drug-likeness (QED) is 0.723. The van der Waals surface area contributed by atoms with Crippen LogP contribution in [0.3, 0.4) is 0 Å². The molecule has 0 aromatic heterocycles. The molecule has 0 spiro atoms. The molecule has 0 saturated heterocycles. The van der Waals surface area contributed by atoms with Crippen LogP contribution in [0.4, 0.5) is 5.69 Å². The minimum absolute atomic E-state index is 0.0181. The van der Waals surface area contributed by atoms with Crippen molar-refractivity contribution in [1.29, 1.82) is 0 Å². The number of hydrogen-bond acceptors (Lipinski definition) is 2. The lowest BCUT2D eigenvalue weighted by atomic mass is 10.1. The van der Waals surface area contributed by atoms with E-state index in [0.717, 1.165) is 28.8 Å². The molecule has 0 saturated carbocycles. The van der Waals surface area contributed by atoms with Crippen molar-refractivity contribution in [3.8, 4) is 0 Å². The maximum absolute atomic E-state index is 13.0. The van der Waals surface area contributed by atoms with Crippen LogP contribution in [0.15, 0.2) is 66.7 Å². The van der Waals surface area contributed by atoms with Crippen molar-refractivity contribution in [2.75, 3.05) is 11.4 Å². The smallest absolute Gasteiger partial charge is 0.258 e. The van der Waals surface area contributed by atoms with Gasteiger partial charge in [0.15, 0.2) is 0 Å². The van der Waals surface area contributed by atoms with Crippen LogP contribution in [-0.4, -0.2) is 18.4 Å². The third-order valence-corrected chi connectivity index (χ3v) is 5.36. The highest BCUT2D eigenvalue weighted by molar-refractivity contribution is 6.07. The first-order valence-corrected chi connectivity index (χ1v) is 9.86. The average Bonchev–Trinajstić information content (AvgIpc) is 3.16. The van der Waals surface area contributed by atoms with Gasteiger partial charge in [0, 0.05) is 29.9 Å². The van der Waals surface area contributed by atoms with Crippen LogP contribution >= 0.6 is 0 Å². The highest BCUT2D eigenvalue weighted by Gasteiger charge is 2.25. The van der Waals surface area contributed by atoms with Crippen LogP contribution in [0, 0.1) is 13.8 Å². The number of carbonyl (C=O) groups excluding carboxylic acids is 2. The Labute approximate surface area is 171 Å². The van der Waals surface area contributed by atoms with Crippen molar-refractivity contribution in [1.82, 2.24) is 5.32 Å². The van der Waals surface area contributed by atoms with Crippen LogP contribution in [0.1, 0.15) is 43.0 Å². The van der Waals surface area contributed by atoms with Gasteiger partial charge in [0.05, 0.1) is 0 Å². The second-order valence-corrected chi connectivity index (χ2v) is 7.58. The number of fused-ring (bicyclic) bond motifs is 1. The number of nitrogens with zero attached hydrogens (tertiary/aromatic N) is 1. The summed E-state index contributed by atoms with van der Waals surface area (Å²) in [5.74, 6) is -0.0809. The van der Waals surface area contributed by atoms with Gasteiger partial charge in [-0.1, -0.05) is 47.5 Å². The van der Waals surface area contributed by atoms with E-state index < -0.39 is 0 Å². The predicted molar refractivity (Wildman–Crippen MR) is 115 cm³/mol. The summed E-state index contributed by atoms with van der Waals surface area (Å²) in [6, 6.07) is 21.3. The van der Waals surface area contributed by atoms with Crippen LogP contribution in [-0.2, 0) is 13.0 Å². The number of anilines is 1. The molecule has 0 radical (unpaired) electrons. The predicted octanol–water partition coefficient (Wildman–Crippen LogP) is 4.44. The minimum atomic E-state index is -0.0990. The van der Waals surface area contributed by atoms with Gasteiger partial charge in [-0.2, -0.15) is 0 Å². The summed E-state index contributed by atoms with van der Waals surface area (Å²) in [5.41, 5.74) is 6.69. The second-order valence-electron chi connectivity index (χ2n) is 7.58. The van der Waals surface area contributed by atoms with E-state index in [4.69, 9.17) is 0 Å². The molecule has 1 heterocycles. The molecule has 1 aliphatic rings. The topological polar surface area (TPSA) is 49.4 Å². The molecule has 29 heavy (non-hydrogen) atoms. The van der Waals surface area contributed by atoms with Gasteiger partial charge in [0.2, 0.25) is 0 Å². The lowest BCUT2D eigenvalue weighted by Gasteiger charge is -2.18. The highest BCUT2D eigenvalue weighted by atomic mass is 16.2. The van der Waals surface area contributed by atoms with Crippen LogP contribution in [0.2, 0.25) is 0 Å². The van der Waals surface area contributed by atoms with Gasteiger partial charge in [-0.3, -0.25) is 9.59 Å². The standard InChI is InChI=1S/C25H24N2O2/c1-17-3-8-21(9-4-17)24(28)26-16-19-7-12-20-13-14-27(23(20)15-19)25(29)22-10-5-18(2)6-11-22/h3-12,15H,13-14,16H2,1-2H3,(H,26,28). The molecular weight excluding hydrogens is 360 g/mol. The van der Waals surface area contributed by atoms with Gasteiger partial charge in [-0.15, -0.1) is 0 Å². The summed E-state index contributed by atoms with van der Waals surface area (Å²) >= 11 is 0. The summed E-state index contributed by atoms with van der Waals surface area (Å²) in [6.07, 6.45) is 0.850. The van der Waals surface area contributed by atoms with E-state index in [1.165, 1.54) is 5.56 Å². The number of nitrogens with one attached hydrogen (secondary N) is 1. The minimum Gasteiger partial charge on any atom is -0.348 e. The number of amides is 2. The van der Waals surface area contributed by atoms with E-state index in [9.17, 15) is 9.59 Å². The van der Waals surface area contributed by atoms with Gasteiger partial charge in [0.1, 0.15) is 0 Å². The van der Waals surface area contributed by atoms with Crippen molar-refractivity contribution >= 4 is 17.5 Å². The lowest BCUT2D eigenvalue weighted by Crippen LogP contribution is -2.29. The summed E-state index contributed by atoms with van der Waals surface area (Å²) in [7, 11) is 0. The van der Waals surface area contributed by atoms with E-state index in [2.05, 4.69) is 11.4 Å². The Balaban J connectivity index is 1.48. The molecule has 4 nitrogen and oxygen atoms in total. The fraction of sp³-hybridized carbons (Fsp3) is 0.200. The van der Waals surface area contributed by atoms with Gasteiger partial charge in [-0.25, -0.2) is 0 Å². The van der Waals surface area contributed by atoms with Crippen LogP contribution in [0.5, 0.6) is 0 Å². The van der Waals surface area contributed by atoms with Gasteiger partial charge in [0.25, 0.3) is 11.8 Å². The Morgan fingerprint density at radius 1 is 0.862 bits per heavy atom. The summed E-state index contributed by atoms with van der Waals surface area (Å²) in [5, 5.41) is 2.97. The van der Waals surface area contributed by atoms with Crippen molar-refractivity contribution in [2.45, 2.75) is 26.8 Å². The second kappa shape index (κ2) is 7.92. The third-order valence-electron chi connectivity index (χ3n) is 5.36. The Morgan fingerprint density at radius 3 is 2.14 bits per heavy atom. The number of benzene rings is 3. The molecular formula is C25H24N2O2. The molecule has 0 bridgehead atoms. The normalized spacial score (nSPS) is 12.6. The molecule has 3 aromatic rings. The molecule has 0 aliphatic carbocycles. The maximum atomic E-state index is 13.0. The first kappa shape index (κ1) is 18.9. The van der Waals surface area contributed by atoms with Crippen LogP contribution < -0.4 is 10.2 Å². The fourth-order valence-electron chi connectivity index (χ4n) is 3.59. The Bertz CT molecular complexity index is 1050. The van der Waals surface area contributed by atoms with Gasteiger partial charge >= 0.3 is 0 Å². The number of rotatable bonds is 4. The summed E-state index contributed by atoms with van der Waals surface area (Å²) in [6.45, 7) is 5.11. The third kappa shape index (κ3) is 4.06. The molecule has 2 amide bonds. The molecule has 0 atom stereocenters. The van der Waals surface area contributed by atoms with E-state index in [1.807, 2.05) is 79.4 Å². The van der Waals surface area contributed by atoms with Crippen LogP contribution in [0.25, 0.3) is 0 Å². The zero-order chi connectivity index (χ0) is 20.4. The molecule has 1 aliphatic heterocycles. The first-order chi connectivity index (χ1) is 14.0. The van der Waals surface area contributed by atoms with Crippen molar-refractivity contribution in [3.05, 3.63) is 100 Å². The SMILES string of the molecule is Cc1ccc(C(=O)NCc2ccc3c(c2)N(C(=O)c2ccc(C)cc2)CC3)cc1. The van der Waals surface area contributed by atoms with Gasteiger partial charge < -0.3 is 10.2 Å². The summed E-state index contributed by atoms with van der Waals surface area (Å²) in [4.78, 5) is 27.2. The number of aryl methyl sites for hydroxylation is 2. The Hall–Kier alpha value is -3.40. The maximum Gasteiger partial charge on any atom is 0.258 e. The van der Waals surface area contributed by atoms with E-state index >= 15 is 0 Å². The Kier molecular flexibility index (Phi) is 5.17. The molecule has 0 fully saturated rings. The highest BCUT2D eigenvalue weighted by Crippen LogP contribution is 2.30. The monoisotopic (exact) mass is 384 g/mol. The van der Waals surface area contributed by atoms with Crippen molar-refractivity contribution in [2.24, 2.45) is 0 Å². The molecule has 1 N–H and O–H groups in total. The lowest BCUT2D eigenvalue weighted by molar-refractivity contribution is 0.0949. The molecule has 4 rings (SSSR count). The zero-order valence-electron chi connectivity index (χ0n) is 16.7. The largest absolute Gasteiger partial charge is 0.348 e. The van der Waals surface area contributed by atoms with E-state index in [-0.39, 0.29) is 11.8 Å².